The molecule has 41 heavy (non-hydrogen) atoms. The summed E-state index contributed by atoms with van der Waals surface area (Å²) in [5.74, 6) is 0.689. The van der Waals surface area contributed by atoms with Crippen LogP contribution in [0.1, 0.15) is 54.9 Å². The van der Waals surface area contributed by atoms with E-state index >= 15 is 0 Å². The number of hydrogen-bond donors (Lipinski definition) is 1. The van der Waals surface area contributed by atoms with Gasteiger partial charge in [-0.25, -0.2) is 9.67 Å². The summed E-state index contributed by atoms with van der Waals surface area (Å²) in [7, 11) is 0. The highest BCUT2D eigenvalue weighted by Crippen LogP contribution is 2.34. The van der Waals surface area contributed by atoms with Crippen LogP contribution in [0.15, 0.2) is 78.0 Å². The molecular weight excluding hydrogens is 534 g/mol. The number of aliphatic hydroxyl groups excluding tert-OH is 1. The number of aliphatic imine (C=N–C) groups is 1. The summed E-state index contributed by atoms with van der Waals surface area (Å²) in [4.78, 5) is 35.9. The smallest absolute Gasteiger partial charge is 0.248 e. The van der Waals surface area contributed by atoms with Gasteiger partial charge in [0.1, 0.15) is 6.33 Å². The van der Waals surface area contributed by atoms with Gasteiger partial charge in [0.15, 0.2) is 11.0 Å². The van der Waals surface area contributed by atoms with Crippen LogP contribution in [0.5, 0.6) is 0 Å². The van der Waals surface area contributed by atoms with Crippen molar-refractivity contribution in [2.45, 2.75) is 52.6 Å². The average Bonchev–Trinajstić information content (AvgIpc) is 3.60. The number of anilines is 1. The van der Waals surface area contributed by atoms with E-state index in [-0.39, 0.29) is 36.5 Å². The number of nitrogens with zero attached hydrogens (tertiary/aromatic N) is 5. The fourth-order valence-corrected chi connectivity index (χ4v) is 5.57. The number of carbonyl (C=O) groups excluding carboxylic acids is 2. The van der Waals surface area contributed by atoms with E-state index < -0.39 is 0 Å². The predicted octanol–water partition coefficient (Wildman–Crippen LogP) is 5.84. The molecule has 0 saturated carbocycles. The molecule has 1 saturated heterocycles. The first kappa shape index (κ1) is 28.4. The highest BCUT2D eigenvalue weighted by atomic mass is 32.2. The van der Waals surface area contributed by atoms with Gasteiger partial charge in [-0.2, -0.15) is 4.99 Å². The Labute approximate surface area is 244 Å². The molecule has 1 aliphatic heterocycles. The number of carbonyl (C=O) groups is 2. The minimum Gasteiger partial charge on any atom is -0.392 e. The molecule has 2 heterocycles. The topological polar surface area (TPSA) is 101 Å². The summed E-state index contributed by atoms with van der Waals surface area (Å²) in [6.07, 6.45) is 3.37. The number of amides is 2. The Kier molecular flexibility index (Phi) is 8.75. The van der Waals surface area contributed by atoms with Gasteiger partial charge >= 0.3 is 0 Å². The van der Waals surface area contributed by atoms with Gasteiger partial charge in [0.25, 0.3) is 0 Å². The largest absolute Gasteiger partial charge is 0.392 e. The van der Waals surface area contributed by atoms with E-state index in [0.29, 0.717) is 28.7 Å². The van der Waals surface area contributed by atoms with Crippen LogP contribution in [0.3, 0.4) is 0 Å². The van der Waals surface area contributed by atoms with E-state index in [1.807, 2.05) is 80.6 Å². The molecule has 0 radical (unpaired) electrons. The minimum absolute atomic E-state index is 0.114. The van der Waals surface area contributed by atoms with Crippen molar-refractivity contribution in [3.05, 3.63) is 95.3 Å². The summed E-state index contributed by atoms with van der Waals surface area (Å²) < 4.78 is 1.76. The molecule has 0 aliphatic carbocycles. The van der Waals surface area contributed by atoms with Gasteiger partial charge in [-0.1, -0.05) is 79.7 Å². The summed E-state index contributed by atoms with van der Waals surface area (Å²) in [5.41, 5.74) is 6.56. The van der Waals surface area contributed by atoms with E-state index in [1.165, 1.54) is 22.2 Å². The molecule has 1 fully saturated rings. The summed E-state index contributed by atoms with van der Waals surface area (Å²) in [6, 6.07) is 21.8. The minimum atomic E-state index is -0.251. The van der Waals surface area contributed by atoms with Crippen LogP contribution in [0.2, 0.25) is 0 Å². The average molecular weight is 568 g/mol. The van der Waals surface area contributed by atoms with Crippen LogP contribution >= 0.6 is 11.8 Å². The van der Waals surface area contributed by atoms with Crippen molar-refractivity contribution in [3.8, 4) is 17.1 Å². The number of rotatable bonds is 9. The second-order valence-corrected chi connectivity index (χ2v) is 11.4. The molecule has 0 spiro atoms. The Morgan fingerprint density at radius 3 is 2.49 bits per heavy atom. The quantitative estimate of drug-likeness (QED) is 0.273. The molecule has 2 amide bonds. The zero-order valence-corrected chi connectivity index (χ0v) is 24.3. The summed E-state index contributed by atoms with van der Waals surface area (Å²) >= 11 is 1.28. The second kappa shape index (κ2) is 12.6. The third-order valence-corrected chi connectivity index (χ3v) is 7.91. The lowest BCUT2D eigenvalue weighted by atomic mass is 9.98. The number of thioether (sulfide) groups is 1. The third-order valence-electron chi connectivity index (χ3n) is 6.98. The first-order valence-electron chi connectivity index (χ1n) is 13.7. The van der Waals surface area contributed by atoms with Crippen LogP contribution < -0.4 is 4.90 Å². The highest BCUT2D eigenvalue weighted by molar-refractivity contribution is 8.15. The maximum absolute atomic E-state index is 12.8. The number of amidine groups is 1. The molecular formula is C32H33N5O3S. The van der Waals surface area contributed by atoms with E-state index in [9.17, 15) is 14.7 Å². The lowest BCUT2D eigenvalue weighted by molar-refractivity contribution is -0.117. The van der Waals surface area contributed by atoms with Crippen LogP contribution in [0, 0.1) is 6.92 Å². The van der Waals surface area contributed by atoms with Gasteiger partial charge in [-0.3, -0.25) is 14.5 Å². The zero-order valence-electron chi connectivity index (χ0n) is 23.4. The Balaban J connectivity index is 1.20. The normalized spacial score (nSPS) is 14.4. The number of aryl methyl sites for hydroxylation is 2. The van der Waals surface area contributed by atoms with Crippen LogP contribution in [0.4, 0.5) is 5.69 Å². The van der Waals surface area contributed by atoms with Crippen LogP contribution in [-0.4, -0.2) is 42.6 Å². The van der Waals surface area contributed by atoms with Gasteiger partial charge in [0, 0.05) is 12.0 Å². The van der Waals surface area contributed by atoms with E-state index in [4.69, 9.17) is 0 Å². The lowest BCUT2D eigenvalue weighted by Crippen LogP contribution is -2.31. The second-order valence-electron chi connectivity index (χ2n) is 10.4. The third kappa shape index (κ3) is 6.64. The Hall–Kier alpha value is -4.08. The fourth-order valence-electron chi connectivity index (χ4n) is 4.70. The van der Waals surface area contributed by atoms with Crippen molar-refractivity contribution >= 4 is 34.4 Å². The van der Waals surface area contributed by atoms with E-state index in [2.05, 4.69) is 22.0 Å². The Morgan fingerprint density at radius 1 is 1.05 bits per heavy atom. The number of hydrogen-bond acceptors (Lipinski definition) is 6. The molecule has 8 nitrogen and oxygen atoms in total. The molecule has 9 heteroatoms. The maximum atomic E-state index is 12.8. The van der Waals surface area contributed by atoms with Crippen molar-refractivity contribution in [3.63, 3.8) is 0 Å². The number of aromatic nitrogens is 3. The maximum Gasteiger partial charge on any atom is 0.248 e. The van der Waals surface area contributed by atoms with Gasteiger partial charge in [0.05, 0.1) is 23.7 Å². The number of aliphatic hydroxyl groups is 1. The van der Waals surface area contributed by atoms with E-state index in [0.717, 1.165) is 28.8 Å². The summed E-state index contributed by atoms with van der Waals surface area (Å²) in [6.45, 7) is 6.03. The van der Waals surface area contributed by atoms with Crippen LogP contribution in [-0.2, 0) is 22.6 Å². The predicted molar refractivity (Wildman–Crippen MR) is 163 cm³/mol. The van der Waals surface area contributed by atoms with Crippen molar-refractivity contribution < 1.29 is 14.7 Å². The first-order valence-corrected chi connectivity index (χ1v) is 14.7. The summed E-state index contributed by atoms with van der Waals surface area (Å²) in [5, 5.41) is 14.6. The number of benzene rings is 3. The lowest BCUT2D eigenvalue weighted by Gasteiger charge is -2.22. The molecule has 0 atom stereocenters. The Bertz CT molecular complexity index is 1580. The molecule has 4 aromatic rings. The molecule has 0 bridgehead atoms. The molecule has 210 valence electrons. The molecule has 0 unspecified atom stereocenters. The molecule has 1 aliphatic rings. The van der Waals surface area contributed by atoms with Gasteiger partial charge < -0.3 is 5.11 Å². The molecule has 3 aromatic carbocycles. The van der Waals surface area contributed by atoms with Crippen molar-refractivity contribution in [2.75, 3.05) is 10.7 Å². The van der Waals surface area contributed by atoms with Crippen molar-refractivity contribution in [1.29, 1.82) is 0 Å². The zero-order chi connectivity index (χ0) is 28.9. The Morgan fingerprint density at radius 2 is 1.78 bits per heavy atom. The SMILES string of the molecule is Cc1ccc(-n2cnc(-c3ccc(CCCC(=O)N=C4SCC(=O)N4c4cc(CO)ccc4C(C)C)cc3)n2)cc1. The van der Waals surface area contributed by atoms with Crippen LogP contribution in [0.25, 0.3) is 17.1 Å². The van der Waals surface area contributed by atoms with Gasteiger partial charge in [0.2, 0.25) is 11.8 Å². The standard InChI is InChI=1S/C32H33N5O3S/c1-21(2)27-16-11-24(18-38)17-28(27)37-30(40)19-41-32(37)34-29(39)6-4-5-23-9-12-25(13-10-23)31-33-20-36(35-31)26-14-7-22(3)8-15-26/h7-17,20-21,38H,4-6,18-19H2,1-3H3. The van der Waals surface area contributed by atoms with Gasteiger partial charge in [-0.15, -0.1) is 5.10 Å². The molecule has 1 aromatic heterocycles. The molecule has 5 rings (SSSR count). The van der Waals surface area contributed by atoms with Crippen molar-refractivity contribution in [2.24, 2.45) is 4.99 Å². The van der Waals surface area contributed by atoms with E-state index in [1.54, 1.807) is 11.0 Å². The monoisotopic (exact) mass is 567 g/mol. The van der Waals surface area contributed by atoms with Crippen molar-refractivity contribution in [1.82, 2.24) is 14.8 Å². The fraction of sp³-hybridized carbons (Fsp3) is 0.281. The molecule has 1 N–H and O–H groups in total. The first-order chi connectivity index (χ1) is 19.8. The highest BCUT2D eigenvalue weighted by Gasteiger charge is 2.32. The van der Waals surface area contributed by atoms with Gasteiger partial charge in [-0.05, 0) is 60.6 Å².